The largest absolute Gasteiger partial charge is 0.303 e. The van der Waals surface area contributed by atoms with Crippen LogP contribution in [0.25, 0.3) is 0 Å². The van der Waals surface area contributed by atoms with Gasteiger partial charge in [-0.1, -0.05) is 6.42 Å². The van der Waals surface area contributed by atoms with Crippen LogP contribution in [0.2, 0.25) is 0 Å². The molecule has 0 bridgehead atoms. The summed E-state index contributed by atoms with van der Waals surface area (Å²) >= 11 is 0. The van der Waals surface area contributed by atoms with E-state index in [4.69, 9.17) is 5.14 Å². The first kappa shape index (κ1) is 24.2. The van der Waals surface area contributed by atoms with E-state index < -0.39 is 31.1 Å². The number of piperidine rings is 1. The third-order valence-corrected chi connectivity index (χ3v) is 5.97. The van der Waals surface area contributed by atoms with E-state index in [1.165, 1.54) is 13.8 Å². The maximum absolute atomic E-state index is 12.0. The number of hydrogen-bond acceptors (Lipinski definition) is 7. The number of sulfonamides is 1. The van der Waals surface area contributed by atoms with Crippen LogP contribution < -0.4 is 5.14 Å². The van der Waals surface area contributed by atoms with Gasteiger partial charge >= 0.3 is 0 Å². The second-order valence-corrected chi connectivity index (χ2v) is 8.74. The molecule has 1 saturated heterocycles. The lowest BCUT2D eigenvalue weighted by atomic mass is 9.90. The number of rotatable bonds is 7. The van der Waals surface area contributed by atoms with Crippen LogP contribution in [-0.2, 0) is 22.0 Å². The number of halogens is 1. The molecular weight excluding hydrogens is 412 g/mol. The molecule has 0 aliphatic carbocycles. The quantitative estimate of drug-likeness (QED) is 0.508. The minimum absolute atomic E-state index is 0. The van der Waals surface area contributed by atoms with E-state index >= 15 is 0 Å². The summed E-state index contributed by atoms with van der Waals surface area (Å²) in [4.78, 5) is 23.6. The second kappa shape index (κ2) is 9.12. The Kier molecular flexibility index (Phi) is 7.89. The molecule has 2 N–H and O–H groups in total. The van der Waals surface area contributed by atoms with Crippen LogP contribution >= 0.6 is 12.4 Å². The van der Waals surface area contributed by atoms with Crippen LogP contribution in [0.3, 0.4) is 0 Å². The predicted octanol–water partition coefficient (Wildman–Crippen LogP) is 2.20. The molecule has 0 radical (unpaired) electrons. The van der Waals surface area contributed by atoms with E-state index in [9.17, 15) is 28.6 Å². The van der Waals surface area contributed by atoms with E-state index in [0.717, 1.165) is 44.5 Å². The molecule has 1 aliphatic heterocycles. The first-order chi connectivity index (χ1) is 12.5. The van der Waals surface area contributed by atoms with Gasteiger partial charge in [0.2, 0.25) is 15.6 Å². The van der Waals surface area contributed by atoms with Crippen LogP contribution in [0.5, 0.6) is 0 Å². The molecule has 1 aromatic rings. The van der Waals surface area contributed by atoms with Crippen molar-refractivity contribution in [2.75, 3.05) is 19.6 Å². The molecule has 0 saturated carbocycles. The number of nitrogens with zero attached hydrogens (tertiary/aromatic N) is 3. The first-order valence-corrected chi connectivity index (χ1v) is 10.2. The third-order valence-electron chi connectivity index (χ3n) is 4.97. The maximum atomic E-state index is 12.0. The van der Waals surface area contributed by atoms with Gasteiger partial charge in [0.25, 0.3) is 5.69 Å². The Bertz CT molecular complexity index is 853. The van der Waals surface area contributed by atoms with Crippen molar-refractivity contribution in [1.82, 2.24) is 4.90 Å². The van der Waals surface area contributed by atoms with Crippen molar-refractivity contribution < 1.29 is 18.3 Å². The smallest absolute Gasteiger partial charge is 0.284 e. The van der Waals surface area contributed by atoms with Gasteiger partial charge in [-0.2, -0.15) is 0 Å². The van der Waals surface area contributed by atoms with Crippen molar-refractivity contribution in [1.29, 1.82) is 0 Å². The fourth-order valence-electron chi connectivity index (χ4n) is 3.38. The van der Waals surface area contributed by atoms with Gasteiger partial charge in [0.1, 0.15) is 5.56 Å². The van der Waals surface area contributed by atoms with Crippen molar-refractivity contribution in [3.63, 3.8) is 0 Å². The van der Waals surface area contributed by atoms with Crippen LogP contribution in [0.1, 0.15) is 44.2 Å². The number of benzene rings is 1. The third kappa shape index (κ3) is 5.16. The minimum Gasteiger partial charge on any atom is -0.303 e. The van der Waals surface area contributed by atoms with Crippen LogP contribution in [0, 0.1) is 20.2 Å². The minimum atomic E-state index is -4.22. The summed E-state index contributed by atoms with van der Waals surface area (Å²) < 4.78 is 24.0. The van der Waals surface area contributed by atoms with Crippen LogP contribution in [0.15, 0.2) is 17.0 Å². The van der Waals surface area contributed by atoms with Crippen molar-refractivity contribution in [3.8, 4) is 0 Å². The summed E-state index contributed by atoms with van der Waals surface area (Å²) in [5.74, 6) is 0. The zero-order chi connectivity index (χ0) is 20.4. The average molecular weight is 437 g/mol. The van der Waals surface area contributed by atoms with E-state index in [-0.39, 0.29) is 34.9 Å². The SMILES string of the molecule is CC(C)(c1ccc(S(N)(=O)=O)c(CCN2CCCCC2)c1[N+](=O)[O-])[N+](=O)[O-].Cl. The van der Waals surface area contributed by atoms with E-state index in [1.54, 1.807) is 0 Å². The summed E-state index contributed by atoms with van der Waals surface area (Å²) in [6, 6.07) is 2.25. The molecule has 28 heavy (non-hydrogen) atoms. The molecule has 1 aromatic carbocycles. The molecule has 0 unspecified atom stereocenters. The van der Waals surface area contributed by atoms with Gasteiger partial charge in [0.05, 0.1) is 15.4 Å². The summed E-state index contributed by atoms with van der Waals surface area (Å²) in [6.45, 7) is 4.59. The monoisotopic (exact) mass is 436 g/mol. The Morgan fingerprint density at radius 3 is 2.18 bits per heavy atom. The summed E-state index contributed by atoms with van der Waals surface area (Å²) in [5.41, 5.74) is -2.50. The molecule has 10 nitrogen and oxygen atoms in total. The molecule has 2 rings (SSSR count). The first-order valence-electron chi connectivity index (χ1n) is 8.66. The predicted molar refractivity (Wildman–Crippen MR) is 106 cm³/mol. The van der Waals surface area contributed by atoms with Gasteiger partial charge in [-0.15, -0.1) is 12.4 Å². The number of primary sulfonamides is 1. The highest BCUT2D eigenvalue weighted by atomic mass is 35.5. The Labute approximate surface area is 169 Å². The number of nitro benzene ring substituents is 1. The van der Waals surface area contributed by atoms with Gasteiger partial charge in [-0.05, 0) is 44.5 Å². The number of nitrogens with two attached hydrogens (primary N) is 1. The van der Waals surface area contributed by atoms with Crippen LogP contribution in [0.4, 0.5) is 5.69 Å². The summed E-state index contributed by atoms with van der Waals surface area (Å²) in [7, 11) is -4.22. The number of hydrogen-bond donors (Lipinski definition) is 1. The van der Waals surface area contributed by atoms with E-state index in [0.29, 0.717) is 6.54 Å². The highest BCUT2D eigenvalue weighted by molar-refractivity contribution is 7.89. The van der Waals surface area contributed by atoms with E-state index in [2.05, 4.69) is 4.90 Å². The molecule has 12 heteroatoms. The zero-order valence-corrected chi connectivity index (χ0v) is 17.4. The van der Waals surface area contributed by atoms with Gasteiger partial charge in [0, 0.05) is 25.3 Å². The molecule has 0 aromatic heterocycles. The molecule has 0 atom stereocenters. The Morgan fingerprint density at radius 2 is 1.71 bits per heavy atom. The standard InChI is InChI=1S/C16H24N4O6S.ClH/c1-16(2,20(23)24)13-6-7-14(27(17,25)26)12(15(13)19(21)22)8-11-18-9-4-3-5-10-18;/h6-7H,3-5,8-11H2,1-2H3,(H2,17,25,26);1H. The van der Waals surface area contributed by atoms with Gasteiger partial charge < -0.3 is 4.90 Å². The zero-order valence-electron chi connectivity index (χ0n) is 15.8. The number of likely N-dealkylation sites (tertiary alicyclic amines) is 1. The molecule has 1 heterocycles. The molecule has 158 valence electrons. The topological polar surface area (TPSA) is 150 Å². The normalized spacial score (nSPS) is 15.7. The van der Waals surface area contributed by atoms with Gasteiger partial charge in [-0.25, -0.2) is 13.6 Å². The van der Waals surface area contributed by atoms with Crippen LogP contribution in [-0.4, -0.2) is 42.8 Å². The van der Waals surface area contributed by atoms with Crippen molar-refractivity contribution in [2.24, 2.45) is 5.14 Å². The van der Waals surface area contributed by atoms with Crippen molar-refractivity contribution >= 4 is 28.1 Å². The van der Waals surface area contributed by atoms with Crippen molar-refractivity contribution in [3.05, 3.63) is 43.5 Å². The fourth-order valence-corrected chi connectivity index (χ4v) is 4.18. The lowest BCUT2D eigenvalue weighted by molar-refractivity contribution is -0.570. The average Bonchev–Trinajstić information content (AvgIpc) is 2.58. The molecule has 1 aliphatic rings. The Morgan fingerprint density at radius 1 is 1.14 bits per heavy atom. The van der Waals surface area contributed by atoms with E-state index in [1.807, 2.05) is 0 Å². The highest BCUT2D eigenvalue weighted by Gasteiger charge is 2.42. The Balaban J connectivity index is 0.00000392. The summed E-state index contributed by atoms with van der Waals surface area (Å²) in [5, 5.41) is 28.5. The molecule has 0 amide bonds. The van der Waals surface area contributed by atoms with Gasteiger partial charge in [-0.3, -0.25) is 20.2 Å². The highest BCUT2D eigenvalue weighted by Crippen LogP contribution is 2.37. The van der Waals surface area contributed by atoms with Gasteiger partial charge in [0.15, 0.2) is 0 Å². The lowest BCUT2D eigenvalue weighted by Gasteiger charge is -2.26. The summed E-state index contributed by atoms with van der Waals surface area (Å²) in [6.07, 6.45) is 3.21. The lowest BCUT2D eigenvalue weighted by Crippen LogP contribution is -2.33. The second-order valence-electron chi connectivity index (χ2n) is 7.21. The van der Waals surface area contributed by atoms with Crippen molar-refractivity contribution in [2.45, 2.75) is 50.0 Å². The number of nitro groups is 2. The molecule has 1 fully saturated rings. The fraction of sp³-hybridized carbons (Fsp3) is 0.625. The Hall–Kier alpha value is -1.82. The molecule has 0 spiro atoms. The maximum Gasteiger partial charge on any atom is 0.284 e. The molecular formula is C16H25ClN4O6S.